The third-order valence-corrected chi connectivity index (χ3v) is 12.2. The second kappa shape index (κ2) is 16.8. The Kier molecular flexibility index (Phi) is 11.4. The number of rotatable bonds is 12. The number of aliphatic hydroxyl groups is 1. The lowest BCUT2D eigenvalue weighted by Gasteiger charge is -2.35. The molecule has 3 aromatic heterocycles. The number of oxazole rings is 1. The van der Waals surface area contributed by atoms with Crippen LogP contribution in [0.25, 0.3) is 50.4 Å². The van der Waals surface area contributed by atoms with Crippen molar-refractivity contribution >= 4 is 28.0 Å². The molecule has 2 fully saturated rings. The quantitative estimate of drug-likeness (QED) is 0.133. The van der Waals surface area contributed by atoms with Gasteiger partial charge in [0, 0.05) is 48.8 Å². The summed E-state index contributed by atoms with van der Waals surface area (Å²) in [7, 11) is 7.23. The van der Waals surface area contributed by atoms with Crippen LogP contribution in [0.4, 0.5) is 0 Å². The molecule has 1 aliphatic carbocycles. The largest absolute Gasteiger partial charge is 0.496 e. The molecule has 0 spiro atoms. The molecule has 14 heteroatoms. The van der Waals surface area contributed by atoms with Crippen LogP contribution in [0.15, 0.2) is 65.2 Å². The standard InChI is InChI=1S/C45H49N7O7/c1-26-31(8-6-9-32(26)44-48-36-19-27(18-29(21-46)42(36)59-44)23-50(2)30-14-12-28(13-15-30)45(54)55)33-10-7-11-37-34(33)22-47-52(37)41-20-40(56-4)35(43(49-41)57-5)24-51(3)38-16-17-58-25-39(38)53/h6-11,18-20,22,28,30,38-39,53H,12-17,23-25H2,1-5H3,(H,54,55)/t28?,30?,38-,39+/m1/s1. The second-order valence-corrected chi connectivity index (χ2v) is 15.7. The molecule has 2 N–H and O–H groups in total. The minimum Gasteiger partial charge on any atom is -0.496 e. The molecule has 0 amide bonds. The van der Waals surface area contributed by atoms with Gasteiger partial charge in [-0.15, -0.1) is 0 Å². The number of benzene rings is 3. The Morgan fingerprint density at radius 3 is 2.46 bits per heavy atom. The fourth-order valence-electron chi connectivity index (χ4n) is 8.90. The SMILES string of the molecule is COc1cc(-n2ncc3c(-c4cccc(-c5nc6cc(CN(C)C7CCC(C(=O)O)CC7)cc(C#N)c6o5)c4C)cccc32)nc(OC)c1CN(C)[C@@H]1CCOC[C@@H]1O. The summed E-state index contributed by atoms with van der Waals surface area (Å²) in [6.45, 7) is 4.01. The lowest BCUT2D eigenvalue weighted by molar-refractivity contribution is -0.143. The molecular weight excluding hydrogens is 751 g/mol. The number of carboxylic acids is 1. The normalized spacial score (nSPS) is 19.7. The van der Waals surface area contributed by atoms with E-state index in [2.05, 4.69) is 35.0 Å². The third kappa shape index (κ3) is 7.74. The van der Waals surface area contributed by atoms with Gasteiger partial charge in [-0.3, -0.25) is 14.6 Å². The fourth-order valence-corrected chi connectivity index (χ4v) is 8.90. The summed E-state index contributed by atoms with van der Waals surface area (Å²) < 4.78 is 25.3. The summed E-state index contributed by atoms with van der Waals surface area (Å²) in [4.78, 5) is 25.6. The van der Waals surface area contributed by atoms with Gasteiger partial charge in [0.05, 0.1) is 55.7 Å². The van der Waals surface area contributed by atoms with Crippen LogP contribution in [-0.2, 0) is 22.6 Å². The maximum Gasteiger partial charge on any atom is 0.306 e. The van der Waals surface area contributed by atoms with Crippen LogP contribution >= 0.6 is 0 Å². The average Bonchev–Trinajstić information content (AvgIpc) is 3.89. The molecule has 2 atom stereocenters. The Hall–Kier alpha value is -5.85. The highest BCUT2D eigenvalue weighted by Gasteiger charge is 2.30. The van der Waals surface area contributed by atoms with Crippen molar-refractivity contribution in [3.63, 3.8) is 0 Å². The minimum absolute atomic E-state index is 0.0683. The van der Waals surface area contributed by atoms with Gasteiger partial charge in [0.2, 0.25) is 11.8 Å². The number of carbonyl (C=O) groups is 1. The molecule has 3 aromatic carbocycles. The van der Waals surface area contributed by atoms with Crippen molar-refractivity contribution in [1.29, 1.82) is 5.26 Å². The smallest absolute Gasteiger partial charge is 0.306 e. The van der Waals surface area contributed by atoms with Crippen LogP contribution in [0.1, 0.15) is 54.4 Å². The zero-order chi connectivity index (χ0) is 41.4. The zero-order valence-electron chi connectivity index (χ0n) is 34.0. The molecule has 4 heterocycles. The first-order valence-electron chi connectivity index (χ1n) is 20.0. The molecule has 1 saturated heterocycles. The Morgan fingerprint density at radius 2 is 1.73 bits per heavy atom. The second-order valence-electron chi connectivity index (χ2n) is 15.7. The van der Waals surface area contributed by atoms with Crippen LogP contribution in [0.5, 0.6) is 11.6 Å². The predicted molar refractivity (Wildman–Crippen MR) is 221 cm³/mol. The first-order valence-corrected chi connectivity index (χ1v) is 20.0. The van der Waals surface area contributed by atoms with Crippen molar-refractivity contribution in [3.8, 4) is 46.1 Å². The van der Waals surface area contributed by atoms with E-state index < -0.39 is 12.1 Å². The lowest BCUT2D eigenvalue weighted by atomic mass is 9.85. The van der Waals surface area contributed by atoms with Crippen molar-refractivity contribution in [3.05, 3.63) is 83.0 Å². The van der Waals surface area contributed by atoms with Crippen LogP contribution in [0, 0.1) is 24.2 Å². The number of carboxylic acid groups (broad SMARTS) is 1. The van der Waals surface area contributed by atoms with Crippen LogP contribution < -0.4 is 9.47 Å². The van der Waals surface area contributed by atoms with Gasteiger partial charge in [0.15, 0.2) is 11.4 Å². The number of nitriles is 1. The highest BCUT2D eigenvalue weighted by atomic mass is 16.5. The molecule has 1 aliphatic heterocycles. The van der Waals surface area contributed by atoms with Gasteiger partial charge >= 0.3 is 5.97 Å². The van der Waals surface area contributed by atoms with E-state index >= 15 is 0 Å². The fraction of sp³-hybridized carbons (Fsp3) is 0.400. The molecule has 0 radical (unpaired) electrons. The molecule has 59 heavy (non-hydrogen) atoms. The summed E-state index contributed by atoms with van der Waals surface area (Å²) in [6.07, 6.45) is 4.97. The van der Waals surface area contributed by atoms with Crippen molar-refractivity contribution in [2.24, 2.45) is 5.92 Å². The van der Waals surface area contributed by atoms with Gasteiger partial charge in [0.25, 0.3) is 0 Å². The van der Waals surface area contributed by atoms with Crippen LogP contribution in [-0.4, -0.2) is 105 Å². The van der Waals surface area contributed by atoms with Crippen LogP contribution in [0.2, 0.25) is 0 Å². The molecule has 306 valence electrons. The first-order chi connectivity index (χ1) is 28.6. The van der Waals surface area contributed by atoms with Gasteiger partial charge in [-0.1, -0.05) is 24.3 Å². The monoisotopic (exact) mass is 799 g/mol. The molecule has 2 aliphatic rings. The number of fused-ring (bicyclic) bond motifs is 2. The summed E-state index contributed by atoms with van der Waals surface area (Å²) in [6, 6.07) is 20.3. The van der Waals surface area contributed by atoms with Crippen molar-refractivity contribution in [2.45, 2.75) is 70.3 Å². The van der Waals surface area contributed by atoms with E-state index in [0.29, 0.717) is 79.1 Å². The number of hydrogen-bond donors (Lipinski definition) is 2. The third-order valence-electron chi connectivity index (χ3n) is 12.2. The van der Waals surface area contributed by atoms with E-state index in [1.165, 1.54) is 0 Å². The van der Waals surface area contributed by atoms with E-state index in [1.807, 2.05) is 62.6 Å². The van der Waals surface area contributed by atoms with Crippen molar-refractivity contribution in [1.82, 2.24) is 29.5 Å². The number of hydrogen-bond acceptors (Lipinski definition) is 12. The predicted octanol–water partition coefficient (Wildman–Crippen LogP) is 6.75. The highest BCUT2D eigenvalue weighted by Crippen LogP contribution is 2.39. The molecular formula is C45H49N7O7. The van der Waals surface area contributed by atoms with Gasteiger partial charge in [-0.25, -0.2) is 9.67 Å². The number of aliphatic carboxylic acids is 1. The number of aromatic nitrogens is 4. The van der Waals surface area contributed by atoms with E-state index in [9.17, 15) is 20.3 Å². The average molecular weight is 800 g/mol. The summed E-state index contributed by atoms with van der Waals surface area (Å²) in [5.41, 5.74) is 7.76. The minimum atomic E-state index is -0.711. The maximum atomic E-state index is 11.5. The highest BCUT2D eigenvalue weighted by molar-refractivity contribution is 5.97. The van der Waals surface area contributed by atoms with E-state index in [-0.39, 0.29) is 18.0 Å². The van der Waals surface area contributed by atoms with Gasteiger partial charge in [-0.2, -0.15) is 15.3 Å². The topological polar surface area (TPSA) is 172 Å². The molecule has 8 rings (SSSR count). The van der Waals surface area contributed by atoms with E-state index in [0.717, 1.165) is 63.5 Å². The summed E-state index contributed by atoms with van der Waals surface area (Å²) in [5, 5.41) is 35.9. The van der Waals surface area contributed by atoms with Gasteiger partial charge in [-0.05, 0) is 99.6 Å². The zero-order valence-corrected chi connectivity index (χ0v) is 34.0. The van der Waals surface area contributed by atoms with E-state index in [4.69, 9.17) is 33.7 Å². The Labute approximate surface area is 342 Å². The summed E-state index contributed by atoms with van der Waals surface area (Å²) >= 11 is 0. The molecule has 0 bridgehead atoms. The molecule has 6 aromatic rings. The number of pyridine rings is 1. The number of nitrogens with zero attached hydrogens (tertiary/aromatic N) is 7. The Morgan fingerprint density at radius 1 is 0.966 bits per heavy atom. The van der Waals surface area contributed by atoms with Crippen molar-refractivity contribution in [2.75, 3.05) is 41.5 Å². The van der Waals surface area contributed by atoms with Gasteiger partial charge in [0.1, 0.15) is 17.3 Å². The number of likely N-dealkylation sites (N-methyl/N-ethyl adjacent to an activating group) is 1. The number of ether oxygens (including phenoxy) is 3. The summed E-state index contributed by atoms with van der Waals surface area (Å²) in [5.74, 6) is 0.989. The lowest BCUT2D eigenvalue weighted by Crippen LogP contribution is -2.47. The Bertz CT molecular complexity index is 2530. The Balaban J connectivity index is 1.08. The molecule has 1 saturated carbocycles. The number of aliphatic hydroxyl groups excluding tert-OH is 1. The van der Waals surface area contributed by atoms with Gasteiger partial charge < -0.3 is 28.8 Å². The van der Waals surface area contributed by atoms with Crippen LogP contribution in [0.3, 0.4) is 0 Å². The van der Waals surface area contributed by atoms with E-state index in [1.54, 1.807) is 18.9 Å². The molecule has 0 unspecified atom stereocenters. The maximum absolute atomic E-state index is 11.5. The van der Waals surface area contributed by atoms with Crippen molar-refractivity contribution < 1.29 is 33.6 Å². The molecule has 14 nitrogen and oxygen atoms in total. The number of methoxy groups -OCH3 is 2. The first kappa shape index (κ1) is 40.0.